The standard InChI is InChI=1S/C24H34N2O/c1-7-10-22(14-21-12-9-8-11-16(21)2)19(5)26-24(20(6)27)15-23-17(3)13-18(4)25-23/h8-9,11-15,17,20,23,25,27H,7,10H2,1-6H3/b22-14+,24-15-,26-19+. The van der Waals surface area contributed by atoms with E-state index < -0.39 is 6.10 Å². The molecule has 0 aromatic heterocycles. The number of aryl methyl sites for hydroxylation is 1. The lowest BCUT2D eigenvalue weighted by molar-refractivity contribution is 0.229. The second-order valence-electron chi connectivity index (χ2n) is 7.62. The Hall–Kier alpha value is -2.13. The predicted molar refractivity (Wildman–Crippen MR) is 117 cm³/mol. The maximum Gasteiger partial charge on any atom is 0.0929 e. The molecule has 1 aliphatic heterocycles. The molecule has 0 fully saturated rings. The van der Waals surface area contributed by atoms with Gasteiger partial charge in [-0.05, 0) is 68.9 Å². The Bertz CT molecular complexity index is 768. The van der Waals surface area contributed by atoms with Crippen molar-refractivity contribution in [3.05, 3.63) is 64.5 Å². The van der Waals surface area contributed by atoms with Crippen LogP contribution in [0.1, 0.15) is 58.6 Å². The first-order valence-corrected chi connectivity index (χ1v) is 9.98. The first-order valence-electron chi connectivity index (χ1n) is 9.98. The molecule has 1 aliphatic rings. The number of rotatable bonds is 7. The average Bonchev–Trinajstić information content (AvgIpc) is 2.92. The zero-order chi connectivity index (χ0) is 20.0. The minimum atomic E-state index is -0.601. The molecule has 3 heteroatoms. The number of hydrogen-bond acceptors (Lipinski definition) is 3. The van der Waals surface area contributed by atoms with Crippen molar-refractivity contribution in [2.75, 3.05) is 0 Å². The van der Waals surface area contributed by atoms with E-state index in [2.05, 4.69) is 75.5 Å². The van der Waals surface area contributed by atoms with Gasteiger partial charge in [0.1, 0.15) is 0 Å². The summed E-state index contributed by atoms with van der Waals surface area (Å²) < 4.78 is 0. The van der Waals surface area contributed by atoms with Crippen LogP contribution in [0.3, 0.4) is 0 Å². The largest absolute Gasteiger partial charge is 0.387 e. The summed E-state index contributed by atoms with van der Waals surface area (Å²) in [4.78, 5) is 4.84. The molecule has 2 rings (SSSR count). The summed E-state index contributed by atoms with van der Waals surface area (Å²) in [6.45, 7) is 12.4. The van der Waals surface area contributed by atoms with Crippen molar-refractivity contribution in [1.82, 2.24) is 5.32 Å². The smallest absolute Gasteiger partial charge is 0.0929 e. The minimum absolute atomic E-state index is 0.182. The molecule has 1 aromatic carbocycles. The van der Waals surface area contributed by atoms with Gasteiger partial charge in [0.05, 0.1) is 17.8 Å². The van der Waals surface area contributed by atoms with Gasteiger partial charge >= 0.3 is 0 Å². The van der Waals surface area contributed by atoms with Gasteiger partial charge in [-0.3, -0.25) is 4.99 Å². The van der Waals surface area contributed by atoms with Crippen molar-refractivity contribution in [1.29, 1.82) is 0 Å². The molecule has 27 heavy (non-hydrogen) atoms. The second-order valence-corrected chi connectivity index (χ2v) is 7.62. The highest BCUT2D eigenvalue weighted by atomic mass is 16.3. The second kappa shape index (κ2) is 9.70. The molecule has 3 unspecified atom stereocenters. The number of benzene rings is 1. The fourth-order valence-electron chi connectivity index (χ4n) is 3.42. The fraction of sp³-hybridized carbons (Fsp3) is 0.458. The van der Waals surface area contributed by atoms with E-state index in [4.69, 9.17) is 4.99 Å². The van der Waals surface area contributed by atoms with E-state index in [0.717, 1.165) is 24.3 Å². The molecule has 0 spiro atoms. The van der Waals surface area contributed by atoms with Crippen molar-refractivity contribution in [2.24, 2.45) is 10.9 Å². The van der Waals surface area contributed by atoms with Gasteiger partial charge in [-0.2, -0.15) is 0 Å². The lowest BCUT2D eigenvalue weighted by Gasteiger charge is -2.16. The van der Waals surface area contributed by atoms with Crippen molar-refractivity contribution in [3.8, 4) is 0 Å². The Balaban J connectivity index is 2.35. The Kier molecular flexibility index (Phi) is 7.61. The summed E-state index contributed by atoms with van der Waals surface area (Å²) in [6.07, 6.45) is 7.95. The third-order valence-electron chi connectivity index (χ3n) is 5.05. The molecule has 0 bridgehead atoms. The third kappa shape index (κ3) is 5.93. The average molecular weight is 367 g/mol. The number of aliphatic hydroxyl groups excluding tert-OH is 1. The lowest BCUT2D eigenvalue weighted by Crippen LogP contribution is -2.26. The topological polar surface area (TPSA) is 44.6 Å². The quantitative estimate of drug-likeness (QED) is 0.633. The molecule has 0 radical (unpaired) electrons. The van der Waals surface area contributed by atoms with Gasteiger partial charge in [-0.25, -0.2) is 0 Å². The highest BCUT2D eigenvalue weighted by Gasteiger charge is 2.21. The summed E-state index contributed by atoms with van der Waals surface area (Å²) in [7, 11) is 0. The first-order chi connectivity index (χ1) is 12.8. The van der Waals surface area contributed by atoms with E-state index in [9.17, 15) is 5.11 Å². The molecule has 0 aliphatic carbocycles. The highest BCUT2D eigenvalue weighted by molar-refractivity contribution is 6.02. The summed E-state index contributed by atoms with van der Waals surface area (Å²) in [5.74, 6) is 0.395. The van der Waals surface area contributed by atoms with Crippen LogP contribution in [0.2, 0.25) is 0 Å². The number of nitrogens with zero attached hydrogens (tertiary/aromatic N) is 1. The molecule has 1 aromatic rings. The van der Waals surface area contributed by atoms with E-state index in [1.807, 2.05) is 6.92 Å². The monoisotopic (exact) mass is 366 g/mol. The molecule has 2 N–H and O–H groups in total. The Morgan fingerprint density at radius 2 is 2.00 bits per heavy atom. The van der Waals surface area contributed by atoms with Crippen LogP contribution in [-0.2, 0) is 0 Å². The Labute approximate surface area is 164 Å². The van der Waals surface area contributed by atoms with E-state index in [-0.39, 0.29) is 6.04 Å². The van der Waals surface area contributed by atoms with E-state index in [1.165, 1.54) is 22.4 Å². The number of nitrogens with one attached hydrogen (secondary N) is 1. The Morgan fingerprint density at radius 3 is 2.56 bits per heavy atom. The normalized spacial score (nSPS) is 22.5. The molecule has 0 saturated heterocycles. The van der Waals surface area contributed by atoms with Gasteiger partial charge in [0, 0.05) is 11.4 Å². The van der Waals surface area contributed by atoms with Gasteiger partial charge < -0.3 is 10.4 Å². The number of hydrogen-bond donors (Lipinski definition) is 2. The summed E-state index contributed by atoms with van der Waals surface area (Å²) in [6, 6.07) is 8.58. The molecule has 3 nitrogen and oxygen atoms in total. The highest BCUT2D eigenvalue weighted by Crippen LogP contribution is 2.22. The van der Waals surface area contributed by atoms with Crippen molar-refractivity contribution < 1.29 is 5.11 Å². The van der Waals surface area contributed by atoms with Crippen LogP contribution < -0.4 is 5.32 Å². The third-order valence-corrected chi connectivity index (χ3v) is 5.05. The predicted octanol–water partition coefficient (Wildman–Crippen LogP) is 5.42. The fourth-order valence-corrected chi connectivity index (χ4v) is 3.42. The maximum atomic E-state index is 10.3. The zero-order valence-corrected chi connectivity index (χ0v) is 17.6. The van der Waals surface area contributed by atoms with Gasteiger partial charge in [0.15, 0.2) is 0 Å². The molecule has 0 saturated carbocycles. The zero-order valence-electron chi connectivity index (χ0n) is 17.6. The van der Waals surface area contributed by atoms with Crippen LogP contribution in [0.15, 0.2) is 58.4 Å². The minimum Gasteiger partial charge on any atom is -0.387 e. The van der Waals surface area contributed by atoms with Gasteiger partial charge in [-0.1, -0.05) is 50.6 Å². The van der Waals surface area contributed by atoms with Crippen LogP contribution in [0.25, 0.3) is 6.08 Å². The number of allylic oxidation sites excluding steroid dienone is 2. The summed E-state index contributed by atoms with van der Waals surface area (Å²) in [5, 5.41) is 13.7. The van der Waals surface area contributed by atoms with Crippen LogP contribution >= 0.6 is 0 Å². The van der Waals surface area contributed by atoms with Gasteiger partial charge in [0.2, 0.25) is 0 Å². The summed E-state index contributed by atoms with van der Waals surface area (Å²) in [5.41, 5.74) is 6.59. The molecule has 3 atom stereocenters. The number of aliphatic imine (C=N–C) groups is 1. The van der Waals surface area contributed by atoms with Crippen LogP contribution in [0.5, 0.6) is 0 Å². The van der Waals surface area contributed by atoms with Crippen LogP contribution in [-0.4, -0.2) is 23.0 Å². The van der Waals surface area contributed by atoms with Crippen molar-refractivity contribution >= 4 is 11.8 Å². The molecule has 146 valence electrons. The van der Waals surface area contributed by atoms with Gasteiger partial charge in [-0.15, -0.1) is 0 Å². The molecular formula is C24H34N2O. The van der Waals surface area contributed by atoms with E-state index >= 15 is 0 Å². The van der Waals surface area contributed by atoms with Crippen molar-refractivity contribution in [2.45, 2.75) is 66.5 Å². The van der Waals surface area contributed by atoms with Gasteiger partial charge in [0.25, 0.3) is 0 Å². The van der Waals surface area contributed by atoms with Crippen molar-refractivity contribution in [3.63, 3.8) is 0 Å². The molecule has 0 amide bonds. The summed E-state index contributed by atoms with van der Waals surface area (Å²) >= 11 is 0. The lowest BCUT2D eigenvalue weighted by atomic mass is 9.99. The van der Waals surface area contributed by atoms with E-state index in [1.54, 1.807) is 6.92 Å². The SMILES string of the molecule is CCCC(=C\c1ccccc1C)/C(C)=N/C(=C\C1NC(C)=CC1C)C(C)O. The van der Waals surface area contributed by atoms with Crippen LogP contribution in [0.4, 0.5) is 0 Å². The maximum absolute atomic E-state index is 10.3. The number of aliphatic hydroxyl groups is 1. The van der Waals surface area contributed by atoms with E-state index in [0.29, 0.717) is 5.92 Å². The molecular weight excluding hydrogens is 332 g/mol. The first kappa shape index (κ1) is 21.2. The Morgan fingerprint density at radius 1 is 1.30 bits per heavy atom. The van der Waals surface area contributed by atoms with Crippen LogP contribution in [0, 0.1) is 12.8 Å². The molecule has 1 heterocycles.